The third kappa shape index (κ3) is 4.74. The van der Waals surface area contributed by atoms with Crippen LogP contribution in [-0.2, 0) is 27.2 Å². The summed E-state index contributed by atoms with van der Waals surface area (Å²) in [5, 5.41) is 0. The van der Waals surface area contributed by atoms with Crippen molar-refractivity contribution in [1.82, 2.24) is 4.90 Å². The minimum absolute atomic E-state index is 0.340. The number of ether oxygens (including phenoxy) is 2. The van der Waals surface area contributed by atoms with E-state index in [4.69, 9.17) is 9.47 Å². The zero-order valence-electron chi connectivity index (χ0n) is 21.4. The standard InChI is InChI=1S/C29H39NO3/c1-18-11-13-21(14-12-18)25-20(3)24-17-30(22-9-8-10-22)16-15-23(24)19(2)26(25)27(28(31)32-7)33-29(4,5)6/h11-14,22,27H,8-10,15-17H2,1-7H3. The molecular formula is C29H39NO3. The number of methoxy groups -OCH3 is 1. The van der Waals surface area contributed by atoms with E-state index < -0.39 is 11.7 Å². The summed E-state index contributed by atoms with van der Waals surface area (Å²) in [6.45, 7) is 14.6. The van der Waals surface area contributed by atoms with E-state index >= 15 is 0 Å². The summed E-state index contributed by atoms with van der Waals surface area (Å²) in [7, 11) is 1.45. The van der Waals surface area contributed by atoms with Crippen LogP contribution in [0.4, 0.5) is 0 Å². The second-order valence-corrected chi connectivity index (χ2v) is 10.8. The van der Waals surface area contributed by atoms with Gasteiger partial charge in [-0.2, -0.15) is 0 Å². The number of benzene rings is 2. The van der Waals surface area contributed by atoms with Crippen molar-refractivity contribution in [3.63, 3.8) is 0 Å². The van der Waals surface area contributed by atoms with Gasteiger partial charge in [-0.15, -0.1) is 0 Å². The maximum Gasteiger partial charge on any atom is 0.339 e. The van der Waals surface area contributed by atoms with Gasteiger partial charge in [0, 0.05) is 24.7 Å². The quantitative estimate of drug-likeness (QED) is 0.508. The van der Waals surface area contributed by atoms with E-state index in [-0.39, 0.29) is 5.97 Å². The van der Waals surface area contributed by atoms with Crippen LogP contribution in [0, 0.1) is 20.8 Å². The molecule has 1 aliphatic carbocycles. The number of carbonyl (C=O) groups excluding carboxylic acids is 1. The first-order valence-corrected chi connectivity index (χ1v) is 12.3. The molecule has 0 saturated heterocycles. The van der Waals surface area contributed by atoms with Crippen LogP contribution >= 0.6 is 0 Å². The Labute approximate surface area is 199 Å². The molecule has 1 aliphatic heterocycles. The van der Waals surface area contributed by atoms with Crippen molar-refractivity contribution in [2.24, 2.45) is 0 Å². The second-order valence-electron chi connectivity index (χ2n) is 10.8. The fourth-order valence-corrected chi connectivity index (χ4v) is 5.41. The van der Waals surface area contributed by atoms with E-state index in [1.54, 1.807) is 0 Å². The molecule has 0 radical (unpaired) electrons. The molecule has 1 atom stereocenters. The highest BCUT2D eigenvalue weighted by Gasteiger charge is 2.36. The predicted octanol–water partition coefficient (Wildman–Crippen LogP) is 6.22. The molecule has 1 unspecified atom stereocenters. The third-order valence-corrected chi connectivity index (χ3v) is 7.41. The molecule has 4 heteroatoms. The van der Waals surface area contributed by atoms with Crippen LogP contribution in [0.2, 0.25) is 0 Å². The Morgan fingerprint density at radius 2 is 1.70 bits per heavy atom. The largest absolute Gasteiger partial charge is 0.467 e. The summed E-state index contributed by atoms with van der Waals surface area (Å²) < 4.78 is 11.7. The van der Waals surface area contributed by atoms with Crippen LogP contribution < -0.4 is 0 Å². The summed E-state index contributed by atoms with van der Waals surface area (Å²) >= 11 is 0. The molecule has 0 bridgehead atoms. The Balaban J connectivity index is 1.93. The molecule has 4 rings (SSSR count). The van der Waals surface area contributed by atoms with Crippen LogP contribution in [0.1, 0.15) is 79.5 Å². The van der Waals surface area contributed by atoms with Gasteiger partial charge in [0.25, 0.3) is 0 Å². The molecular weight excluding hydrogens is 410 g/mol. The van der Waals surface area contributed by atoms with Gasteiger partial charge in [0.1, 0.15) is 0 Å². The Kier molecular flexibility index (Phi) is 6.70. The molecule has 0 amide bonds. The topological polar surface area (TPSA) is 38.8 Å². The van der Waals surface area contributed by atoms with Gasteiger partial charge in [-0.05, 0) is 94.2 Å². The molecule has 178 valence electrons. The lowest BCUT2D eigenvalue weighted by Gasteiger charge is -2.42. The molecule has 0 spiro atoms. The van der Waals surface area contributed by atoms with Crippen molar-refractivity contribution in [3.8, 4) is 11.1 Å². The monoisotopic (exact) mass is 449 g/mol. The minimum Gasteiger partial charge on any atom is -0.467 e. The number of hydrogen-bond donors (Lipinski definition) is 0. The molecule has 0 N–H and O–H groups in total. The molecule has 1 fully saturated rings. The zero-order chi connectivity index (χ0) is 23.9. The maximum absolute atomic E-state index is 13.1. The summed E-state index contributed by atoms with van der Waals surface area (Å²) in [4.78, 5) is 15.8. The first-order valence-electron chi connectivity index (χ1n) is 12.3. The number of rotatable bonds is 5. The van der Waals surface area contributed by atoms with E-state index in [0.29, 0.717) is 0 Å². The van der Waals surface area contributed by atoms with Crippen molar-refractivity contribution in [2.45, 2.75) is 91.5 Å². The number of nitrogens with zero attached hydrogens (tertiary/aromatic N) is 1. The van der Waals surface area contributed by atoms with Gasteiger partial charge in [-0.1, -0.05) is 36.2 Å². The van der Waals surface area contributed by atoms with E-state index in [0.717, 1.165) is 42.2 Å². The Bertz CT molecular complexity index is 1030. The smallest absolute Gasteiger partial charge is 0.339 e. The van der Waals surface area contributed by atoms with E-state index in [1.165, 1.54) is 54.2 Å². The van der Waals surface area contributed by atoms with Crippen LogP contribution in [0.5, 0.6) is 0 Å². The Morgan fingerprint density at radius 1 is 1.03 bits per heavy atom. The SMILES string of the molecule is COC(=O)C(OC(C)(C)C)c1c(C)c2c(c(C)c1-c1ccc(C)cc1)CN(C1CCC1)CC2. The number of esters is 1. The van der Waals surface area contributed by atoms with E-state index in [1.807, 2.05) is 20.8 Å². The van der Waals surface area contributed by atoms with Crippen molar-refractivity contribution in [3.05, 3.63) is 57.6 Å². The predicted molar refractivity (Wildman–Crippen MR) is 133 cm³/mol. The molecule has 2 aromatic rings. The molecule has 0 aromatic heterocycles. The third-order valence-electron chi connectivity index (χ3n) is 7.41. The van der Waals surface area contributed by atoms with E-state index in [9.17, 15) is 4.79 Å². The molecule has 1 heterocycles. The van der Waals surface area contributed by atoms with Gasteiger partial charge in [0.2, 0.25) is 0 Å². The molecule has 33 heavy (non-hydrogen) atoms. The Morgan fingerprint density at radius 3 is 2.24 bits per heavy atom. The van der Waals surface area contributed by atoms with Gasteiger partial charge in [0.15, 0.2) is 6.10 Å². The number of fused-ring (bicyclic) bond motifs is 1. The van der Waals surface area contributed by atoms with Gasteiger partial charge in [-0.3, -0.25) is 4.90 Å². The summed E-state index contributed by atoms with van der Waals surface area (Å²) in [5.41, 5.74) is 9.23. The molecule has 2 aromatic carbocycles. The van der Waals surface area contributed by atoms with Gasteiger partial charge >= 0.3 is 5.97 Å². The summed E-state index contributed by atoms with van der Waals surface area (Å²) in [6, 6.07) is 9.36. The van der Waals surface area contributed by atoms with Crippen LogP contribution in [-0.4, -0.2) is 36.2 Å². The Hall–Kier alpha value is -2.17. The van der Waals surface area contributed by atoms with Crippen molar-refractivity contribution >= 4 is 5.97 Å². The first-order chi connectivity index (χ1) is 15.6. The van der Waals surface area contributed by atoms with Crippen molar-refractivity contribution in [2.75, 3.05) is 13.7 Å². The summed E-state index contributed by atoms with van der Waals surface area (Å²) in [5.74, 6) is -0.340. The minimum atomic E-state index is -0.764. The fourth-order valence-electron chi connectivity index (χ4n) is 5.41. The lowest BCUT2D eigenvalue weighted by Crippen LogP contribution is -2.43. The molecule has 1 saturated carbocycles. The lowest BCUT2D eigenvalue weighted by atomic mass is 9.79. The number of aryl methyl sites for hydroxylation is 1. The van der Waals surface area contributed by atoms with Crippen LogP contribution in [0.15, 0.2) is 24.3 Å². The highest BCUT2D eigenvalue weighted by atomic mass is 16.6. The van der Waals surface area contributed by atoms with Gasteiger partial charge in [-0.25, -0.2) is 4.79 Å². The van der Waals surface area contributed by atoms with Crippen molar-refractivity contribution < 1.29 is 14.3 Å². The maximum atomic E-state index is 13.1. The lowest BCUT2D eigenvalue weighted by molar-refractivity contribution is -0.164. The number of carbonyl (C=O) groups is 1. The molecule has 2 aliphatic rings. The highest BCUT2D eigenvalue weighted by Crippen LogP contribution is 2.43. The first kappa shape index (κ1) is 24.0. The average molecular weight is 450 g/mol. The zero-order valence-corrected chi connectivity index (χ0v) is 21.4. The second kappa shape index (κ2) is 9.23. The highest BCUT2D eigenvalue weighted by molar-refractivity contribution is 5.85. The fraction of sp³-hybridized carbons (Fsp3) is 0.552. The van der Waals surface area contributed by atoms with Gasteiger partial charge in [0.05, 0.1) is 12.7 Å². The van der Waals surface area contributed by atoms with Crippen LogP contribution in [0.3, 0.4) is 0 Å². The van der Waals surface area contributed by atoms with Crippen LogP contribution in [0.25, 0.3) is 11.1 Å². The normalized spacial score (nSPS) is 17.9. The summed E-state index contributed by atoms with van der Waals surface area (Å²) in [6.07, 6.45) is 4.24. The van der Waals surface area contributed by atoms with Gasteiger partial charge < -0.3 is 9.47 Å². The number of hydrogen-bond acceptors (Lipinski definition) is 4. The van der Waals surface area contributed by atoms with E-state index in [2.05, 4.69) is 49.9 Å². The molecule has 4 nitrogen and oxygen atoms in total. The average Bonchev–Trinajstić information content (AvgIpc) is 2.73. The van der Waals surface area contributed by atoms with Crippen molar-refractivity contribution in [1.29, 1.82) is 0 Å².